The van der Waals surface area contributed by atoms with Crippen LogP contribution in [0.2, 0.25) is 0 Å². The first-order valence-corrected chi connectivity index (χ1v) is 5.84. The highest BCUT2D eigenvalue weighted by Crippen LogP contribution is 2.18. The van der Waals surface area contributed by atoms with Crippen molar-refractivity contribution in [3.8, 4) is 0 Å². The Hall–Kier alpha value is -2.03. The molecular formula is C14H17N3. The molecule has 0 atom stereocenters. The number of nitrogens with two attached hydrogens (primary N) is 1. The van der Waals surface area contributed by atoms with Crippen molar-refractivity contribution >= 4 is 17.1 Å². The number of nitrogen functional groups attached to an aromatic ring is 1. The number of nitrogens with zero attached hydrogens (tertiary/aromatic N) is 1. The molecule has 0 fully saturated rings. The summed E-state index contributed by atoms with van der Waals surface area (Å²) in [5.74, 6) is 0. The zero-order valence-electron chi connectivity index (χ0n) is 9.98. The Kier molecular flexibility index (Phi) is 3.60. The van der Waals surface area contributed by atoms with Gasteiger partial charge in [0.15, 0.2) is 0 Å². The minimum absolute atomic E-state index is 0.664. The molecule has 0 spiro atoms. The third-order valence-corrected chi connectivity index (χ3v) is 2.54. The third-order valence-electron chi connectivity index (χ3n) is 2.54. The quantitative estimate of drug-likeness (QED) is 0.842. The lowest BCUT2D eigenvalue weighted by Gasteiger charge is -2.07. The zero-order chi connectivity index (χ0) is 12.1. The molecule has 0 aliphatic heterocycles. The molecule has 2 rings (SSSR count). The fourth-order valence-electron chi connectivity index (χ4n) is 1.74. The van der Waals surface area contributed by atoms with Gasteiger partial charge in [-0.2, -0.15) is 0 Å². The average Bonchev–Trinajstić information content (AvgIpc) is 2.32. The smallest absolute Gasteiger partial charge is 0.0591 e. The van der Waals surface area contributed by atoms with Crippen LogP contribution in [0.15, 0.2) is 42.7 Å². The molecule has 0 bridgehead atoms. The van der Waals surface area contributed by atoms with Crippen LogP contribution in [0.1, 0.15) is 18.9 Å². The number of anilines is 3. The van der Waals surface area contributed by atoms with Crippen molar-refractivity contribution in [2.24, 2.45) is 0 Å². The van der Waals surface area contributed by atoms with E-state index in [2.05, 4.69) is 41.5 Å². The zero-order valence-corrected chi connectivity index (χ0v) is 9.98. The van der Waals surface area contributed by atoms with Gasteiger partial charge in [-0.1, -0.05) is 25.5 Å². The van der Waals surface area contributed by atoms with E-state index in [1.54, 1.807) is 12.4 Å². The fraction of sp³-hybridized carbons (Fsp3) is 0.214. The van der Waals surface area contributed by atoms with E-state index >= 15 is 0 Å². The van der Waals surface area contributed by atoms with Crippen molar-refractivity contribution in [1.82, 2.24) is 4.98 Å². The van der Waals surface area contributed by atoms with Crippen LogP contribution in [0.25, 0.3) is 0 Å². The molecule has 17 heavy (non-hydrogen) atoms. The van der Waals surface area contributed by atoms with Crippen molar-refractivity contribution < 1.29 is 0 Å². The van der Waals surface area contributed by atoms with Crippen LogP contribution in [-0.4, -0.2) is 4.98 Å². The van der Waals surface area contributed by atoms with Gasteiger partial charge in [-0.3, -0.25) is 4.98 Å². The number of nitrogens with one attached hydrogen (secondary N) is 1. The lowest BCUT2D eigenvalue weighted by Crippen LogP contribution is -1.94. The normalized spacial score (nSPS) is 10.2. The molecule has 1 aromatic carbocycles. The maximum atomic E-state index is 5.67. The number of hydrogen-bond acceptors (Lipinski definition) is 3. The van der Waals surface area contributed by atoms with E-state index in [1.165, 1.54) is 12.0 Å². The molecule has 1 heterocycles. The summed E-state index contributed by atoms with van der Waals surface area (Å²) in [7, 11) is 0. The molecule has 0 saturated carbocycles. The first-order valence-electron chi connectivity index (χ1n) is 5.84. The number of benzene rings is 1. The highest BCUT2D eigenvalue weighted by atomic mass is 14.9. The third kappa shape index (κ3) is 3.21. The minimum Gasteiger partial charge on any atom is -0.397 e. The van der Waals surface area contributed by atoms with Crippen LogP contribution in [0.5, 0.6) is 0 Å². The van der Waals surface area contributed by atoms with Gasteiger partial charge in [-0.25, -0.2) is 0 Å². The Morgan fingerprint density at radius 2 is 1.88 bits per heavy atom. The van der Waals surface area contributed by atoms with E-state index in [4.69, 9.17) is 5.73 Å². The summed E-state index contributed by atoms with van der Waals surface area (Å²) in [5.41, 5.74) is 9.67. The van der Waals surface area contributed by atoms with Crippen LogP contribution < -0.4 is 11.1 Å². The Labute approximate surface area is 102 Å². The lowest BCUT2D eigenvalue weighted by atomic mass is 10.1. The summed E-state index contributed by atoms with van der Waals surface area (Å²) in [6, 6.07) is 10.3. The molecule has 0 aliphatic carbocycles. The van der Waals surface area contributed by atoms with Crippen molar-refractivity contribution in [3.63, 3.8) is 0 Å². The molecule has 0 aliphatic rings. The second kappa shape index (κ2) is 5.34. The van der Waals surface area contributed by atoms with Crippen LogP contribution in [0.3, 0.4) is 0 Å². The van der Waals surface area contributed by atoms with Gasteiger partial charge in [0.05, 0.1) is 17.6 Å². The second-order valence-corrected chi connectivity index (χ2v) is 4.08. The Morgan fingerprint density at radius 1 is 1.12 bits per heavy atom. The lowest BCUT2D eigenvalue weighted by molar-refractivity contribution is 0.922. The number of rotatable bonds is 4. The molecule has 3 heteroatoms. The molecule has 0 saturated heterocycles. The Balaban J connectivity index is 2.08. The van der Waals surface area contributed by atoms with E-state index in [0.29, 0.717) is 5.69 Å². The molecular weight excluding hydrogens is 210 g/mol. The van der Waals surface area contributed by atoms with Crippen molar-refractivity contribution in [3.05, 3.63) is 48.3 Å². The molecule has 0 unspecified atom stereocenters. The Morgan fingerprint density at radius 3 is 2.53 bits per heavy atom. The van der Waals surface area contributed by atoms with Crippen LogP contribution in [0, 0.1) is 0 Å². The molecule has 0 radical (unpaired) electrons. The van der Waals surface area contributed by atoms with Crippen molar-refractivity contribution in [2.75, 3.05) is 11.1 Å². The predicted molar refractivity (Wildman–Crippen MR) is 72.4 cm³/mol. The highest BCUT2D eigenvalue weighted by molar-refractivity contribution is 5.62. The molecule has 3 N–H and O–H groups in total. The molecule has 1 aromatic heterocycles. The van der Waals surface area contributed by atoms with Gasteiger partial charge in [0, 0.05) is 11.9 Å². The SMILES string of the molecule is CCCc1ccc(Nc2cncc(N)c2)cc1. The van der Waals surface area contributed by atoms with E-state index in [9.17, 15) is 0 Å². The molecule has 2 aromatic rings. The van der Waals surface area contributed by atoms with Crippen molar-refractivity contribution in [2.45, 2.75) is 19.8 Å². The topological polar surface area (TPSA) is 50.9 Å². The standard InChI is InChI=1S/C14H17N3/c1-2-3-11-4-6-13(7-5-11)17-14-8-12(15)9-16-10-14/h4-10,17H,2-3,15H2,1H3. The first-order chi connectivity index (χ1) is 8.28. The van der Waals surface area contributed by atoms with E-state index in [1.807, 2.05) is 6.07 Å². The Bertz CT molecular complexity index is 477. The van der Waals surface area contributed by atoms with Crippen LogP contribution >= 0.6 is 0 Å². The molecule has 3 nitrogen and oxygen atoms in total. The monoisotopic (exact) mass is 227 g/mol. The summed E-state index contributed by atoms with van der Waals surface area (Å²) in [5, 5.41) is 3.27. The molecule has 88 valence electrons. The highest BCUT2D eigenvalue weighted by Gasteiger charge is 1.96. The van der Waals surface area contributed by atoms with Gasteiger partial charge in [0.25, 0.3) is 0 Å². The van der Waals surface area contributed by atoms with Gasteiger partial charge in [0.2, 0.25) is 0 Å². The summed E-state index contributed by atoms with van der Waals surface area (Å²) in [6.07, 6.45) is 5.69. The summed E-state index contributed by atoms with van der Waals surface area (Å²) in [6.45, 7) is 2.19. The predicted octanol–water partition coefficient (Wildman–Crippen LogP) is 3.36. The first kappa shape index (κ1) is 11.5. The number of hydrogen-bond donors (Lipinski definition) is 2. The number of aryl methyl sites for hydroxylation is 1. The van der Waals surface area contributed by atoms with Crippen LogP contribution in [-0.2, 0) is 6.42 Å². The van der Waals surface area contributed by atoms with Gasteiger partial charge >= 0.3 is 0 Å². The summed E-state index contributed by atoms with van der Waals surface area (Å²) >= 11 is 0. The number of aromatic nitrogens is 1. The maximum absolute atomic E-state index is 5.67. The number of pyridine rings is 1. The summed E-state index contributed by atoms with van der Waals surface area (Å²) in [4.78, 5) is 4.04. The van der Waals surface area contributed by atoms with Gasteiger partial charge in [-0.05, 0) is 30.2 Å². The van der Waals surface area contributed by atoms with Crippen molar-refractivity contribution in [1.29, 1.82) is 0 Å². The minimum atomic E-state index is 0.664. The largest absolute Gasteiger partial charge is 0.397 e. The average molecular weight is 227 g/mol. The molecule has 0 amide bonds. The van der Waals surface area contributed by atoms with Gasteiger partial charge in [0.1, 0.15) is 0 Å². The summed E-state index contributed by atoms with van der Waals surface area (Å²) < 4.78 is 0. The fourth-order valence-corrected chi connectivity index (χ4v) is 1.74. The van der Waals surface area contributed by atoms with E-state index in [-0.39, 0.29) is 0 Å². The second-order valence-electron chi connectivity index (χ2n) is 4.08. The van der Waals surface area contributed by atoms with Crippen LogP contribution in [0.4, 0.5) is 17.1 Å². The van der Waals surface area contributed by atoms with Gasteiger partial charge < -0.3 is 11.1 Å². The maximum Gasteiger partial charge on any atom is 0.0591 e. The van der Waals surface area contributed by atoms with E-state index in [0.717, 1.165) is 17.8 Å². The van der Waals surface area contributed by atoms with E-state index < -0.39 is 0 Å². The van der Waals surface area contributed by atoms with Gasteiger partial charge in [-0.15, -0.1) is 0 Å².